The Kier molecular flexibility index (Phi) is 5.25. The quantitative estimate of drug-likeness (QED) is 0.821. The van der Waals surface area contributed by atoms with Crippen LogP contribution in [0.15, 0.2) is 23.1 Å². The highest BCUT2D eigenvalue weighted by atomic mass is 32.2. The number of aryl methyl sites for hydroxylation is 1. The topological polar surface area (TPSA) is 58.2 Å². The van der Waals surface area contributed by atoms with Crippen molar-refractivity contribution in [2.75, 3.05) is 20.1 Å². The van der Waals surface area contributed by atoms with Crippen LogP contribution in [0.5, 0.6) is 0 Å². The van der Waals surface area contributed by atoms with Crippen LogP contribution in [0.1, 0.15) is 12.5 Å². The maximum absolute atomic E-state index is 12.9. The largest absolute Gasteiger partial charge is 0.319 e. The second kappa shape index (κ2) is 6.26. The van der Waals surface area contributed by atoms with Gasteiger partial charge in [0.1, 0.15) is 5.82 Å². The first kappa shape index (κ1) is 15.1. The van der Waals surface area contributed by atoms with Crippen molar-refractivity contribution in [1.82, 2.24) is 10.0 Å². The Labute approximate surface area is 108 Å². The van der Waals surface area contributed by atoms with Gasteiger partial charge in [-0.05, 0) is 50.2 Å². The highest BCUT2D eigenvalue weighted by molar-refractivity contribution is 7.89. The number of hydrogen-bond donors (Lipinski definition) is 2. The highest BCUT2D eigenvalue weighted by Gasteiger charge is 2.17. The number of sulfonamides is 1. The third-order valence-electron chi connectivity index (χ3n) is 2.60. The van der Waals surface area contributed by atoms with Crippen molar-refractivity contribution >= 4 is 10.0 Å². The molecule has 102 valence electrons. The minimum absolute atomic E-state index is 0.126. The van der Waals surface area contributed by atoms with Crippen molar-refractivity contribution in [3.63, 3.8) is 0 Å². The molecule has 2 N–H and O–H groups in total. The standard InChI is InChI=1S/C12H19FN2O2S/c1-9(7-14-3)8-15-18(16,17)12-5-4-11(13)6-10(12)2/h4-6,9,14-15H,7-8H2,1-3H3. The molecule has 0 saturated heterocycles. The summed E-state index contributed by atoms with van der Waals surface area (Å²) < 4.78 is 39.5. The van der Waals surface area contributed by atoms with E-state index in [0.29, 0.717) is 12.1 Å². The maximum atomic E-state index is 12.9. The molecule has 0 aliphatic carbocycles. The van der Waals surface area contributed by atoms with Crippen LogP contribution >= 0.6 is 0 Å². The lowest BCUT2D eigenvalue weighted by Crippen LogP contribution is -2.32. The molecule has 6 heteroatoms. The number of nitrogens with one attached hydrogen (secondary N) is 2. The third kappa shape index (κ3) is 4.04. The van der Waals surface area contributed by atoms with Gasteiger partial charge in [0.2, 0.25) is 10.0 Å². The molecule has 0 aromatic heterocycles. The SMILES string of the molecule is CNCC(C)CNS(=O)(=O)c1ccc(F)cc1C. The zero-order chi connectivity index (χ0) is 13.8. The third-order valence-corrected chi connectivity index (χ3v) is 4.18. The van der Waals surface area contributed by atoms with Gasteiger partial charge in [0.25, 0.3) is 0 Å². The average molecular weight is 274 g/mol. The first-order chi connectivity index (χ1) is 8.36. The van der Waals surface area contributed by atoms with E-state index >= 15 is 0 Å². The molecule has 1 aromatic carbocycles. The zero-order valence-electron chi connectivity index (χ0n) is 10.8. The van der Waals surface area contributed by atoms with Gasteiger partial charge in [-0.25, -0.2) is 17.5 Å². The second-order valence-electron chi connectivity index (χ2n) is 4.42. The van der Waals surface area contributed by atoms with Gasteiger partial charge in [-0.3, -0.25) is 0 Å². The van der Waals surface area contributed by atoms with Gasteiger partial charge >= 0.3 is 0 Å². The van der Waals surface area contributed by atoms with Gasteiger partial charge in [0, 0.05) is 6.54 Å². The van der Waals surface area contributed by atoms with Crippen molar-refractivity contribution in [3.8, 4) is 0 Å². The normalized spacial score (nSPS) is 13.6. The van der Waals surface area contributed by atoms with E-state index in [2.05, 4.69) is 10.0 Å². The van der Waals surface area contributed by atoms with Gasteiger partial charge < -0.3 is 5.32 Å². The monoisotopic (exact) mass is 274 g/mol. The van der Waals surface area contributed by atoms with E-state index in [0.717, 1.165) is 12.6 Å². The fourth-order valence-electron chi connectivity index (χ4n) is 1.66. The molecular formula is C12H19FN2O2S. The fraction of sp³-hybridized carbons (Fsp3) is 0.500. The Morgan fingerprint density at radius 3 is 2.56 bits per heavy atom. The zero-order valence-corrected chi connectivity index (χ0v) is 11.6. The van der Waals surface area contributed by atoms with E-state index in [-0.39, 0.29) is 10.8 Å². The summed E-state index contributed by atoms with van der Waals surface area (Å²) in [6.07, 6.45) is 0. The Bertz CT molecular complexity index is 503. The van der Waals surface area contributed by atoms with Crippen LogP contribution < -0.4 is 10.0 Å². The molecule has 0 bridgehead atoms. The Balaban J connectivity index is 2.80. The van der Waals surface area contributed by atoms with Crippen molar-refractivity contribution in [2.45, 2.75) is 18.7 Å². The molecule has 0 spiro atoms. The van der Waals surface area contributed by atoms with Crippen molar-refractivity contribution in [3.05, 3.63) is 29.6 Å². The molecule has 1 atom stereocenters. The number of benzene rings is 1. The molecule has 1 aromatic rings. The Morgan fingerprint density at radius 2 is 2.00 bits per heavy atom. The lowest BCUT2D eigenvalue weighted by atomic mass is 10.2. The summed E-state index contributed by atoms with van der Waals surface area (Å²) in [5.41, 5.74) is 0.406. The summed E-state index contributed by atoms with van der Waals surface area (Å²) in [7, 11) is -1.75. The van der Waals surface area contributed by atoms with Crippen molar-refractivity contribution < 1.29 is 12.8 Å². The first-order valence-corrected chi connectivity index (χ1v) is 7.25. The van der Waals surface area contributed by atoms with E-state index in [1.54, 1.807) is 6.92 Å². The molecular weight excluding hydrogens is 255 g/mol. The molecule has 1 unspecified atom stereocenters. The van der Waals surface area contributed by atoms with Gasteiger partial charge in [0.15, 0.2) is 0 Å². The molecule has 0 amide bonds. The average Bonchev–Trinajstić information content (AvgIpc) is 2.26. The molecule has 0 heterocycles. The molecule has 0 fully saturated rings. The van der Waals surface area contributed by atoms with Crippen molar-refractivity contribution in [1.29, 1.82) is 0 Å². The van der Waals surface area contributed by atoms with Crippen LogP contribution in [0.25, 0.3) is 0 Å². The minimum atomic E-state index is -3.57. The summed E-state index contributed by atoms with van der Waals surface area (Å²) in [5.74, 6) is -0.250. The van der Waals surface area contributed by atoms with Crippen molar-refractivity contribution in [2.24, 2.45) is 5.92 Å². The summed E-state index contributed by atoms with van der Waals surface area (Å²) >= 11 is 0. The van der Waals surface area contributed by atoms with Crippen LogP contribution in [-0.4, -0.2) is 28.6 Å². The lowest BCUT2D eigenvalue weighted by Gasteiger charge is -2.13. The predicted molar refractivity (Wildman–Crippen MR) is 69.4 cm³/mol. The molecule has 18 heavy (non-hydrogen) atoms. The van der Waals surface area contributed by atoms with Crippen LogP contribution in [0.4, 0.5) is 4.39 Å². The molecule has 0 aliphatic heterocycles. The van der Waals surface area contributed by atoms with Crippen LogP contribution in [0.3, 0.4) is 0 Å². The number of rotatable bonds is 6. The van der Waals surface area contributed by atoms with Crippen LogP contribution in [0, 0.1) is 18.7 Å². The van der Waals surface area contributed by atoms with E-state index < -0.39 is 15.8 Å². The molecule has 1 rings (SSSR count). The molecule has 0 aliphatic rings. The summed E-state index contributed by atoms with van der Waals surface area (Å²) in [6, 6.07) is 3.65. The number of hydrogen-bond acceptors (Lipinski definition) is 3. The first-order valence-electron chi connectivity index (χ1n) is 5.77. The van der Waals surface area contributed by atoms with Crippen LogP contribution in [-0.2, 0) is 10.0 Å². The summed E-state index contributed by atoms with van der Waals surface area (Å²) in [4.78, 5) is 0.126. The minimum Gasteiger partial charge on any atom is -0.319 e. The smallest absolute Gasteiger partial charge is 0.240 e. The van der Waals surface area contributed by atoms with E-state index in [1.807, 2.05) is 14.0 Å². The summed E-state index contributed by atoms with van der Waals surface area (Å²) in [5, 5.41) is 2.98. The molecule has 0 saturated carbocycles. The molecule has 0 radical (unpaired) electrons. The van der Waals surface area contributed by atoms with E-state index in [9.17, 15) is 12.8 Å². The second-order valence-corrected chi connectivity index (χ2v) is 6.16. The van der Waals surface area contributed by atoms with Gasteiger partial charge in [0.05, 0.1) is 4.90 Å². The maximum Gasteiger partial charge on any atom is 0.240 e. The molecule has 4 nitrogen and oxygen atoms in total. The Hall–Kier alpha value is -0.980. The van der Waals surface area contributed by atoms with Gasteiger partial charge in [-0.15, -0.1) is 0 Å². The number of halogens is 1. The lowest BCUT2D eigenvalue weighted by molar-refractivity contribution is 0.518. The predicted octanol–water partition coefficient (Wildman–Crippen LogP) is 1.27. The van der Waals surface area contributed by atoms with Crippen LogP contribution in [0.2, 0.25) is 0 Å². The van der Waals surface area contributed by atoms with Gasteiger partial charge in [-0.1, -0.05) is 6.92 Å². The van der Waals surface area contributed by atoms with E-state index in [4.69, 9.17) is 0 Å². The van der Waals surface area contributed by atoms with Gasteiger partial charge in [-0.2, -0.15) is 0 Å². The highest BCUT2D eigenvalue weighted by Crippen LogP contribution is 2.15. The summed E-state index contributed by atoms with van der Waals surface area (Å²) in [6.45, 7) is 4.59. The fourth-order valence-corrected chi connectivity index (χ4v) is 3.05. The van der Waals surface area contributed by atoms with E-state index in [1.165, 1.54) is 12.1 Å². The Morgan fingerprint density at radius 1 is 1.33 bits per heavy atom.